The van der Waals surface area contributed by atoms with Crippen molar-refractivity contribution in [3.05, 3.63) is 0 Å². The Balaban J connectivity index is 2.48. The third-order valence-electron chi connectivity index (χ3n) is 10.3. The number of hydrogen-bond acceptors (Lipinski definition) is 11. The van der Waals surface area contributed by atoms with Gasteiger partial charge >= 0.3 is 5.97 Å². The Morgan fingerprint density at radius 2 is 1.57 bits per heavy atom. The van der Waals surface area contributed by atoms with Gasteiger partial charge in [0.15, 0.2) is 6.29 Å². The Morgan fingerprint density at radius 3 is 2.11 bits per heavy atom. The number of nitrogens with one attached hydrogen (secondary N) is 1. The lowest BCUT2D eigenvalue weighted by molar-refractivity contribution is -0.328. The molecule has 5 N–H and O–H groups in total. The van der Waals surface area contributed by atoms with Crippen LogP contribution in [0, 0.1) is 23.7 Å². The first-order valence-corrected chi connectivity index (χ1v) is 16.4. The molecule has 2 aliphatic heterocycles. The van der Waals surface area contributed by atoms with Gasteiger partial charge in [0.05, 0.1) is 29.8 Å². The van der Waals surface area contributed by atoms with Crippen LogP contribution in [0.5, 0.6) is 0 Å². The highest BCUT2D eigenvalue weighted by molar-refractivity contribution is 5.83. The molecule has 2 fully saturated rings. The molecule has 2 saturated heterocycles. The van der Waals surface area contributed by atoms with Gasteiger partial charge in [-0.25, -0.2) is 0 Å². The number of aliphatic hydroxyl groups is 4. The molecule has 0 aliphatic carbocycles. The van der Waals surface area contributed by atoms with Gasteiger partial charge in [-0.3, -0.25) is 9.59 Å². The van der Waals surface area contributed by atoms with Crippen LogP contribution < -0.4 is 5.32 Å². The van der Waals surface area contributed by atoms with Crippen molar-refractivity contribution < 1.29 is 49.0 Å². The standard InChI is InChI=1S/C33H61NO10/c1-12-14-34-18-33(40)23(7)42-25(17-31(33,9)41-11)44-27-20(4)16-30(8,38)15-19(3)26(35)21(5)28(36)32(10,39)24(13-2)43-29(37)22(27)6/h19-25,27-28,34,36,38-40H,12-18H2,1-11H3/t19-,20-,21+,22-,23+,24-,25+,27+,28-,30-,31-,32-,33+/m1/s1. The largest absolute Gasteiger partial charge is 0.459 e. The van der Waals surface area contributed by atoms with Crippen molar-refractivity contribution in [1.29, 1.82) is 0 Å². The van der Waals surface area contributed by atoms with E-state index < -0.39 is 82.8 Å². The third kappa shape index (κ3) is 8.39. The Bertz CT molecular complexity index is 959. The summed E-state index contributed by atoms with van der Waals surface area (Å²) in [6, 6.07) is 0. The number of carbonyl (C=O) groups is 2. The fraction of sp³-hybridized carbons (Fsp3) is 0.939. The minimum absolute atomic E-state index is 0.120. The van der Waals surface area contributed by atoms with Crippen LogP contribution in [0.15, 0.2) is 0 Å². The van der Waals surface area contributed by atoms with Crippen molar-refractivity contribution in [2.75, 3.05) is 20.2 Å². The number of hydrogen-bond donors (Lipinski definition) is 5. The number of ether oxygens (including phenoxy) is 4. The zero-order valence-electron chi connectivity index (χ0n) is 28.9. The van der Waals surface area contributed by atoms with E-state index in [2.05, 4.69) is 5.32 Å². The lowest BCUT2D eigenvalue weighted by atomic mass is 9.75. The molecule has 2 heterocycles. The highest BCUT2D eigenvalue weighted by Crippen LogP contribution is 2.42. The van der Waals surface area contributed by atoms with Crippen LogP contribution in [0.3, 0.4) is 0 Å². The minimum Gasteiger partial charge on any atom is -0.459 e. The molecule has 0 amide bonds. The van der Waals surface area contributed by atoms with E-state index in [0.29, 0.717) is 0 Å². The fourth-order valence-electron chi connectivity index (χ4n) is 7.31. The van der Waals surface area contributed by atoms with Crippen molar-refractivity contribution >= 4 is 11.8 Å². The third-order valence-corrected chi connectivity index (χ3v) is 10.3. The lowest BCUT2D eigenvalue weighted by Crippen LogP contribution is -2.70. The molecular formula is C33H61NO10. The second kappa shape index (κ2) is 15.2. The normalized spacial score (nSPS) is 46.8. The zero-order chi connectivity index (χ0) is 33.8. The summed E-state index contributed by atoms with van der Waals surface area (Å²) in [6.45, 7) is 18.1. The molecule has 2 rings (SSSR count). The van der Waals surface area contributed by atoms with Crippen molar-refractivity contribution in [3.8, 4) is 0 Å². The van der Waals surface area contributed by atoms with Crippen molar-refractivity contribution in [3.63, 3.8) is 0 Å². The summed E-state index contributed by atoms with van der Waals surface area (Å²) in [4.78, 5) is 27.0. The van der Waals surface area contributed by atoms with Crippen LogP contribution in [0.1, 0.15) is 101 Å². The molecule has 258 valence electrons. The Labute approximate surface area is 264 Å². The molecule has 0 bridgehead atoms. The number of Topliss-reactive ketones (excluding diaryl/α,β-unsaturated/α-hetero) is 1. The molecule has 0 spiro atoms. The van der Waals surface area contributed by atoms with E-state index in [9.17, 15) is 30.0 Å². The quantitative estimate of drug-likeness (QED) is 0.198. The number of carbonyl (C=O) groups excluding carboxylic acids is 2. The SMILES string of the molecule is CCCNC[C@]1(O)[C@H](C)O[C@@H](O[C@H]2[C@H](C)C[C@](C)(O)C[C@@H](C)C(=O)[C@H](C)[C@@H](O)[C@](C)(O)[C@@H](CC)OC(=O)[C@@H]2C)C[C@@]1(C)OC. The van der Waals surface area contributed by atoms with Crippen molar-refractivity contribution in [1.82, 2.24) is 5.32 Å². The highest BCUT2D eigenvalue weighted by Gasteiger charge is 2.57. The van der Waals surface area contributed by atoms with Gasteiger partial charge in [0.1, 0.15) is 28.7 Å². The number of esters is 1. The summed E-state index contributed by atoms with van der Waals surface area (Å²) >= 11 is 0. The maximum absolute atomic E-state index is 13.7. The van der Waals surface area contributed by atoms with Gasteiger partial charge in [0.2, 0.25) is 0 Å². The van der Waals surface area contributed by atoms with Gasteiger partial charge in [-0.05, 0) is 72.8 Å². The molecule has 13 atom stereocenters. The maximum atomic E-state index is 13.7. The summed E-state index contributed by atoms with van der Waals surface area (Å²) < 4.78 is 24.5. The van der Waals surface area contributed by atoms with Gasteiger partial charge in [0.25, 0.3) is 0 Å². The molecule has 0 saturated carbocycles. The van der Waals surface area contributed by atoms with E-state index >= 15 is 0 Å². The number of aliphatic hydroxyl groups excluding tert-OH is 1. The minimum atomic E-state index is -1.91. The molecule has 11 heteroatoms. The van der Waals surface area contributed by atoms with E-state index in [1.165, 1.54) is 14.0 Å². The maximum Gasteiger partial charge on any atom is 0.311 e. The van der Waals surface area contributed by atoms with E-state index in [4.69, 9.17) is 18.9 Å². The molecule has 2 aliphatic rings. The summed E-state index contributed by atoms with van der Waals surface area (Å²) in [6.07, 6.45) is -3.36. The van der Waals surface area contributed by atoms with Crippen LogP contribution in [-0.2, 0) is 28.5 Å². The summed E-state index contributed by atoms with van der Waals surface area (Å²) in [5, 5.41) is 48.9. The zero-order valence-corrected chi connectivity index (χ0v) is 28.9. The predicted octanol–water partition coefficient (Wildman–Crippen LogP) is 2.73. The Hall–Kier alpha value is -1.18. The van der Waals surface area contributed by atoms with Crippen LogP contribution >= 0.6 is 0 Å². The second-order valence-electron chi connectivity index (χ2n) is 14.3. The van der Waals surface area contributed by atoms with Crippen molar-refractivity contribution in [2.24, 2.45) is 23.7 Å². The predicted molar refractivity (Wildman–Crippen MR) is 166 cm³/mol. The molecule has 0 aromatic carbocycles. The molecular weight excluding hydrogens is 570 g/mol. The van der Waals surface area contributed by atoms with Crippen LogP contribution in [0.2, 0.25) is 0 Å². The second-order valence-corrected chi connectivity index (χ2v) is 14.3. The fourth-order valence-corrected chi connectivity index (χ4v) is 7.31. The Kier molecular flexibility index (Phi) is 13.4. The topological polar surface area (TPSA) is 164 Å². The van der Waals surface area contributed by atoms with E-state index in [1.807, 2.05) is 20.8 Å². The van der Waals surface area contributed by atoms with E-state index in [-0.39, 0.29) is 38.0 Å². The van der Waals surface area contributed by atoms with E-state index in [1.54, 1.807) is 41.5 Å². The molecule has 0 aromatic rings. The van der Waals surface area contributed by atoms with Gasteiger partial charge < -0.3 is 44.7 Å². The first-order chi connectivity index (χ1) is 20.2. The van der Waals surface area contributed by atoms with Gasteiger partial charge in [0, 0.05) is 31.9 Å². The van der Waals surface area contributed by atoms with Crippen LogP contribution in [0.25, 0.3) is 0 Å². The van der Waals surface area contributed by atoms with Gasteiger partial charge in [-0.1, -0.05) is 34.6 Å². The highest BCUT2D eigenvalue weighted by atomic mass is 16.7. The van der Waals surface area contributed by atoms with Gasteiger partial charge in [-0.15, -0.1) is 0 Å². The first kappa shape index (κ1) is 39.0. The van der Waals surface area contributed by atoms with Gasteiger partial charge in [-0.2, -0.15) is 0 Å². The Morgan fingerprint density at radius 1 is 0.955 bits per heavy atom. The average molecular weight is 632 g/mol. The van der Waals surface area contributed by atoms with Crippen LogP contribution in [0.4, 0.5) is 0 Å². The number of cyclic esters (lactones) is 1. The molecule has 44 heavy (non-hydrogen) atoms. The van der Waals surface area contributed by atoms with Crippen LogP contribution in [-0.4, -0.2) is 105 Å². The number of methoxy groups -OCH3 is 1. The first-order valence-electron chi connectivity index (χ1n) is 16.4. The summed E-state index contributed by atoms with van der Waals surface area (Å²) in [5.74, 6) is -3.76. The van der Waals surface area contributed by atoms with Crippen molar-refractivity contribution in [2.45, 2.75) is 154 Å². The van der Waals surface area contributed by atoms with E-state index in [0.717, 1.165) is 13.0 Å². The summed E-state index contributed by atoms with van der Waals surface area (Å²) in [5.41, 5.74) is -5.63. The summed E-state index contributed by atoms with van der Waals surface area (Å²) in [7, 11) is 1.54. The average Bonchev–Trinajstić information content (AvgIpc) is 2.94. The number of ketones is 1. The smallest absolute Gasteiger partial charge is 0.311 e. The number of rotatable bonds is 8. The monoisotopic (exact) mass is 631 g/mol. The molecule has 0 unspecified atom stereocenters. The lowest BCUT2D eigenvalue weighted by Gasteiger charge is -2.53. The molecule has 0 aromatic heterocycles. The molecule has 11 nitrogen and oxygen atoms in total. The molecule has 0 radical (unpaired) electrons.